The number of rotatable bonds is 5. The third-order valence-electron chi connectivity index (χ3n) is 2.20. The van der Waals surface area contributed by atoms with E-state index in [1.807, 2.05) is 11.4 Å². The van der Waals surface area contributed by atoms with Crippen molar-refractivity contribution < 1.29 is 13.5 Å². The van der Waals surface area contributed by atoms with E-state index < -0.39 is 15.3 Å². The van der Waals surface area contributed by atoms with Gasteiger partial charge in [0.15, 0.2) is 0 Å². The van der Waals surface area contributed by atoms with Gasteiger partial charge in [-0.15, -0.1) is 11.3 Å². The van der Waals surface area contributed by atoms with Crippen LogP contribution in [0.5, 0.6) is 0 Å². The van der Waals surface area contributed by atoms with Gasteiger partial charge in [-0.05, 0) is 28.9 Å². The molecule has 0 aliphatic heterocycles. The van der Waals surface area contributed by atoms with E-state index in [0.29, 0.717) is 6.54 Å². The van der Waals surface area contributed by atoms with Gasteiger partial charge in [-0.25, -0.2) is 8.42 Å². The molecule has 1 rings (SSSR count). The molecule has 1 N–H and O–H groups in total. The number of aliphatic hydroxyl groups excluding tert-OH is 1. The van der Waals surface area contributed by atoms with E-state index in [-0.39, 0.29) is 6.61 Å². The second-order valence-electron chi connectivity index (χ2n) is 3.53. The smallest absolute Gasteiger partial charge is 0.219 e. The van der Waals surface area contributed by atoms with Gasteiger partial charge >= 0.3 is 0 Å². The van der Waals surface area contributed by atoms with Crippen molar-refractivity contribution in [3.05, 3.63) is 20.8 Å². The molecule has 0 amide bonds. The van der Waals surface area contributed by atoms with Crippen molar-refractivity contribution >= 4 is 37.3 Å². The molecule has 1 aromatic rings. The summed E-state index contributed by atoms with van der Waals surface area (Å²) in [4.78, 5) is 0.961. The number of halogens is 1. The van der Waals surface area contributed by atoms with Crippen molar-refractivity contribution in [3.8, 4) is 0 Å². The number of hydrogen-bond donors (Lipinski definition) is 1. The summed E-state index contributed by atoms with van der Waals surface area (Å²) >= 11 is 4.82. The molecule has 7 heteroatoms. The van der Waals surface area contributed by atoms with Crippen LogP contribution in [0.1, 0.15) is 11.8 Å². The summed E-state index contributed by atoms with van der Waals surface area (Å²) in [5, 5.41) is 10.0. The molecule has 16 heavy (non-hydrogen) atoms. The Morgan fingerprint density at radius 3 is 2.69 bits per heavy atom. The van der Waals surface area contributed by atoms with Crippen molar-refractivity contribution in [3.63, 3.8) is 0 Å². The van der Waals surface area contributed by atoms with Gasteiger partial charge in [0, 0.05) is 28.3 Å². The predicted octanol–water partition coefficient (Wildman–Crippen LogP) is 1.65. The molecular formula is C9H14BrNO3S2. The van der Waals surface area contributed by atoms with Crippen LogP contribution in [0.25, 0.3) is 0 Å². The maximum atomic E-state index is 11.8. The summed E-state index contributed by atoms with van der Waals surface area (Å²) < 4.78 is 25.9. The molecule has 0 aromatic carbocycles. The van der Waals surface area contributed by atoms with Crippen LogP contribution in [0, 0.1) is 0 Å². The zero-order chi connectivity index (χ0) is 12.3. The lowest BCUT2D eigenvalue weighted by Gasteiger charge is -2.19. The minimum absolute atomic E-state index is 0.336. The largest absolute Gasteiger partial charge is 0.395 e. The van der Waals surface area contributed by atoms with Crippen LogP contribution in [-0.4, -0.2) is 36.7 Å². The summed E-state index contributed by atoms with van der Waals surface area (Å²) in [6.07, 6.45) is 0. The summed E-state index contributed by atoms with van der Waals surface area (Å²) in [5.74, 6) is 0. The average molecular weight is 328 g/mol. The fourth-order valence-corrected chi connectivity index (χ4v) is 3.85. The number of thiophene rings is 1. The second-order valence-corrected chi connectivity index (χ2v) is 7.89. The maximum Gasteiger partial charge on any atom is 0.219 e. The summed E-state index contributed by atoms with van der Waals surface area (Å²) in [6.45, 7) is 1.47. The summed E-state index contributed by atoms with van der Waals surface area (Å²) in [5.41, 5.74) is 0. The lowest BCUT2D eigenvalue weighted by molar-refractivity contribution is 0.290. The SMILES string of the molecule is CC(CO)S(=O)(=O)N(C)Cc1cc(Br)cs1. The Kier molecular flexibility index (Phi) is 4.93. The van der Waals surface area contributed by atoms with Crippen molar-refractivity contribution in [1.82, 2.24) is 4.31 Å². The molecule has 1 unspecified atom stereocenters. The highest BCUT2D eigenvalue weighted by Gasteiger charge is 2.25. The molecule has 1 aromatic heterocycles. The van der Waals surface area contributed by atoms with Gasteiger partial charge in [0.2, 0.25) is 10.0 Å². The number of aliphatic hydroxyl groups is 1. The van der Waals surface area contributed by atoms with Crippen LogP contribution in [0.15, 0.2) is 15.9 Å². The fraction of sp³-hybridized carbons (Fsp3) is 0.556. The van der Waals surface area contributed by atoms with Crippen LogP contribution in [0.3, 0.4) is 0 Å². The molecule has 0 bridgehead atoms. The van der Waals surface area contributed by atoms with Crippen molar-refractivity contribution in [2.75, 3.05) is 13.7 Å². The molecule has 0 aliphatic carbocycles. The summed E-state index contributed by atoms with van der Waals surface area (Å²) in [6, 6.07) is 1.89. The molecule has 1 heterocycles. The molecule has 0 aliphatic rings. The number of sulfonamides is 1. The Hall–Kier alpha value is 0.0500. The van der Waals surface area contributed by atoms with Gasteiger partial charge in [0.1, 0.15) is 0 Å². The van der Waals surface area contributed by atoms with Crippen molar-refractivity contribution in [2.24, 2.45) is 0 Å². The van der Waals surface area contributed by atoms with E-state index in [0.717, 1.165) is 9.35 Å². The first-order chi connectivity index (χ1) is 7.37. The first-order valence-corrected chi connectivity index (χ1v) is 7.84. The lowest BCUT2D eigenvalue weighted by atomic mass is 10.5. The van der Waals surface area contributed by atoms with Crippen molar-refractivity contribution in [2.45, 2.75) is 18.7 Å². The zero-order valence-electron chi connectivity index (χ0n) is 9.05. The van der Waals surface area contributed by atoms with Crippen LogP contribution < -0.4 is 0 Å². The summed E-state index contributed by atoms with van der Waals surface area (Å²) in [7, 11) is -1.88. The van der Waals surface area contributed by atoms with Crippen LogP contribution in [-0.2, 0) is 16.6 Å². The Bertz CT molecular complexity index is 443. The molecule has 0 radical (unpaired) electrons. The third-order valence-corrected chi connectivity index (χ3v) is 6.05. The first kappa shape index (κ1) is 14.1. The minimum Gasteiger partial charge on any atom is -0.395 e. The average Bonchev–Trinajstić information content (AvgIpc) is 2.62. The Morgan fingerprint density at radius 2 is 2.25 bits per heavy atom. The highest BCUT2D eigenvalue weighted by atomic mass is 79.9. The van der Waals surface area contributed by atoms with E-state index in [4.69, 9.17) is 5.11 Å². The topological polar surface area (TPSA) is 57.6 Å². The Labute approximate surface area is 108 Å². The molecule has 0 saturated carbocycles. The highest BCUT2D eigenvalue weighted by molar-refractivity contribution is 9.10. The lowest BCUT2D eigenvalue weighted by Crippen LogP contribution is -2.35. The fourth-order valence-electron chi connectivity index (χ4n) is 1.15. The molecule has 4 nitrogen and oxygen atoms in total. The van der Waals surface area contributed by atoms with E-state index in [2.05, 4.69) is 15.9 Å². The monoisotopic (exact) mass is 327 g/mol. The van der Waals surface area contributed by atoms with E-state index in [1.54, 1.807) is 0 Å². The second kappa shape index (κ2) is 5.59. The molecule has 0 fully saturated rings. The van der Waals surface area contributed by atoms with Crippen molar-refractivity contribution in [1.29, 1.82) is 0 Å². The Morgan fingerprint density at radius 1 is 1.62 bits per heavy atom. The molecule has 0 spiro atoms. The quantitative estimate of drug-likeness (QED) is 0.894. The van der Waals surface area contributed by atoms with Gasteiger partial charge in [0.05, 0.1) is 11.9 Å². The Balaban J connectivity index is 2.76. The highest BCUT2D eigenvalue weighted by Crippen LogP contribution is 2.22. The van der Waals surface area contributed by atoms with Gasteiger partial charge in [-0.3, -0.25) is 0 Å². The normalized spacial score (nSPS) is 14.3. The van der Waals surface area contributed by atoms with Crippen LogP contribution in [0.4, 0.5) is 0 Å². The van der Waals surface area contributed by atoms with E-state index in [1.165, 1.54) is 29.6 Å². The van der Waals surface area contributed by atoms with E-state index in [9.17, 15) is 8.42 Å². The van der Waals surface area contributed by atoms with Gasteiger partial charge < -0.3 is 5.11 Å². The molecular weight excluding hydrogens is 314 g/mol. The maximum absolute atomic E-state index is 11.8. The standard InChI is InChI=1S/C9H14BrNO3S2/c1-7(5-12)16(13,14)11(2)4-9-3-8(10)6-15-9/h3,6-7,12H,4-5H2,1-2H3. The van der Waals surface area contributed by atoms with Gasteiger partial charge in [-0.1, -0.05) is 0 Å². The molecule has 0 saturated heterocycles. The van der Waals surface area contributed by atoms with E-state index >= 15 is 0 Å². The first-order valence-electron chi connectivity index (χ1n) is 4.67. The predicted molar refractivity (Wildman–Crippen MR) is 69.0 cm³/mol. The van der Waals surface area contributed by atoms with Crippen LogP contribution >= 0.6 is 27.3 Å². The zero-order valence-corrected chi connectivity index (χ0v) is 12.3. The number of nitrogens with zero attached hydrogens (tertiary/aromatic N) is 1. The third kappa shape index (κ3) is 3.27. The van der Waals surface area contributed by atoms with Crippen LogP contribution in [0.2, 0.25) is 0 Å². The minimum atomic E-state index is -3.40. The number of hydrogen-bond acceptors (Lipinski definition) is 4. The molecule has 1 atom stereocenters. The van der Waals surface area contributed by atoms with Gasteiger partial charge in [0.25, 0.3) is 0 Å². The van der Waals surface area contributed by atoms with Gasteiger partial charge in [-0.2, -0.15) is 4.31 Å². The molecule has 92 valence electrons.